The second kappa shape index (κ2) is 10.8. The number of rotatable bonds is 6. The molecule has 1 unspecified atom stereocenters. The highest BCUT2D eigenvalue weighted by atomic mass is 35.5. The molecule has 0 radical (unpaired) electrons. The Balaban J connectivity index is 1.20. The van der Waals surface area contributed by atoms with Gasteiger partial charge in [0.05, 0.1) is 28.4 Å². The van der Waals surface area contributed by atoms with Crippen molar-refractivity contribution in [1.29, 1.82) is 0 Å². The number of ether oxygens (including phenoxy) is 1. The highest BCUT2D eigenvalue weighted by molar-refractivity contribution is 6.39. The first-order valence-corrected chi connectivity index (χ1v) is 14.1. The number of anilines is 2. The molecule has 204 valence electrons. The fourth-order valence-electron chi connectivity index (χ4n) is 5.79. The lowest BCUT2D eigenvalue weighted by Crippen LogP contribution is -2.47. The molecule has 0 aliphatic carbocycles. The van der Waals surface area contributed by atoms with Crippen molar-refractivity contribution in [2.45, 2.75) is 45.2 Å². The van der Waals surface area contributed by atoms with Crippen LogP contribution in [0.2, 0.25) is 10.0 Å². The molecular weight excluding hydrogens is 535 g/mol. The zero-order chi connectivity index (χ0) is 27.1. The minimum absolute atomic E-state index is 0.416. The molecule has 4 aromatic rings. The monoisotopic (exact) mass is 566 g/mol. The molecule has 0 spiro atoms. The smallest absolute Gasteiger partial charge is 0.225 e. The van der Waals surface area contributed by atoms with E-state index < -0.39 is 0 Å². The Morgan fingerprint density at radius 3 is 2.26 bits per heavy atom. The minimum Gasteiger partial charge on any atom is -0.497 e. The molecule has 2 aliphatic heterocycles. The second-order valence-electron chi connectivity index (χ2n) is 10.3. The second-order valence-corrected chi connectivity index (χ2v) is 11.1. The Morgan fingerprint density at radius 1 is 0.897 bits per heavy atom. The van der Waals surface area contributed by atoms with Crippen LogP contribution in [0.25, 0.3) is 16.8 Å². The van der Waals surface area contributed by atoms with E-state index in [2.05, 4.69) is 31.2 Å². The molecule has 2 fully saturated rings. The van der Waals surface area contributed by atoms with Crippen molar-refractivity contribution in [1.82, 2.24) is 29.9 Å². The van der Waals surface area contributed by atoms with E-state index in [0.29, 0.717) is 27.9 Å². The van der Waals surface area contributed by atoms with Crippen molar-refractivity contribution in [3.63, 3.8) is 0 Å². The van der Waals surface area contributed by atoms with Gasteiger partial charge < -0.3 is 19.9 Å². The summed E-state index contributed by atoms with van der Waals surface area (Å²) >= 11 is 13.4. The maximum Gasteiger partial charge on any atom is 0.225 e. The molecule has 9 nitrogen and oxygen atoms in total. The van der Waals surface area contributed by atoms with Gasteiger partial charge in [0.2, 0.25) is 5.95 Å². The molecule has 1 N–H and O–H groups in total. The predicted molar refractivity (Wildman–Crippen MR) is 155 cm³/mol. The summed E-state index contributed by atoms with van der Waals surface area (Å²) in [6.45, 7) is 7.79. The Labute approximate surface area is 238 Å². The van der Waals surface area contributed by atoms with Crippen LogP contribution in [0.3, 0.4) is 0 Å². The van der Waals surface area contributed by atoms with Gasteiger partial charge >= 0.3 is 0 Å². The van der Waals surface area contributed by atoms with Gasteiger partial charge in [-0.25, -0.2) is 15.0 Å². The summed E-state index contributed by atoms with van der Waals surface area (Å²) in [5.74, 6) is 2.47. The van der Waals surface area contributed by atoms with Crippen LogP contribution < -0.4 is 19.9 Å². The molecule has 2 saturated heterocycles. The van der Waals surface area contributed by atoms with Crippen LogP contribution in [0, 0.1) is 13.8 Å². The molecule has 3 aromatic heterocycles. The number of halogens is 2. The fourth-order valence-corrected chi connectivity index (χ4v) is 6.44. The van der Waals surface area contributed by atoms with E-state index >= 15 is 0 Å². The number of fused-ring (bicyclic) bond motifs is 1. The number of piperidine rings is 1. The zero-order valence-electron chi connectivity index (χ0n) is 22.4. The van der Waals surface area contributed by atoms with Crippen molar-refractivity contribution < 1.29 is 4.74 Å². The standard InChI is InChI=1S/C28H32Cl2N8O/c1-17-13-24(38-27(33-17)25(18(2)35-38)26-22(29)14-21(39-3)15-23(26)30)37-12-7-20(16-37)34-19-5-10-36(11-6-19)28-31-8-4-9-32-28/h4,8-9,13-15,19-20,34H,5-7,10-12,16H2,1-3H3. The van der Waals surface area contributed by atoms with E-state index in [9.17, 15) is 0 Å². The number of benzene rings is 1. The van der Waals surface area contributed by atoms with E-state index in [-0.39, 0.29) is 0 Å². The number of aromatic nitrogens is 5. The average Bonchev–Trinajstić information content (AvgIpc) is 3.53. The van der Waals surface area contributed by atoms with Crippen LogP contribution in [0.5, 0.6) is 5.75 Å². The van der Waals surface area contributed by atoms with Gasteiger partial charge in [0.1, 0.15) is 11.6 Å². The van der Waals surface area contributed by atoms with E-state index in [1.165, 1.54) is 0 Å². The third-order valence-corrected chi connectivity index (χ3v) is 8.28. The van der Waals surface area contributed by atoms with Gasteiger partial charge in [0, 0.05) is 68.0 Å². The van der Waals surface area contributed by atoms with Crippen molar-refractivity contribution in [2.24, 2.45) is 0 Å². The molecule has 1 atom stereocenters. The lowest BCUT2D eigenvalue weighted by molar-refractivity contribution is 0.375. The molecule has 2 aliphatic rings. The van der Waals surface area contributed by atoms with Gasteiger partial charge in [-0.3, -0.25) is 0 Å². The van der Waals surface area contributed by atoms with Crippen molar-refractivity contribution in [3.8, 4) is 16.9 Å². The van der Waals surface area contributed by atoms with Crippen molar-refractivity contribution in [2.75, 3.05) is 43.1 Å². The Bertz CT molecular complexity index is 1460. The van der Waals surface area contributed by atoms with Crippen LogP contribution in [0.1, 0.15) is 30.7 Å². The summed E-state index contributed by atoms with van der Waals surface area (Å²) in [5, 5.41) is 9.85. The van der Waals surface area contributed by atoms with Crippen molar-refractivity contribution in [3.05, 3.63) is 58.1 Å². The molecule has 5 heterocycles. The zero-order valence-corrected chi connectivity index (χ0v) is 23.9. The number of nitrogens with zero attached hydrogens (tertiary/aromatic N) is 7. The van der Waals surface area contributed by atoms with Crippen LogP contribution in [-0.2, 0) is 0 Å². The molecule has 11 heteroatoms. The molecule has 6 rings (SSSR count). The van der Waals surface area contributed by atoms with Gasteiger partial charge in [-0.1, -0.05) is 23.2 Å². The maximum atomic E-state index is 6.68. The van der Waals surface area contributed by atoms with Crippen LogP contribution in [-0.4, -0.2) is 69.9 Å². The fraction of sp³-hybridized carbons (Fsp3) is 0.429. The molecule has 0 amide bonds. The molecule has 0 bridgehead atoms. The van der Waals surface area contributed by atoms with E-state index in [1.54, 1.807) is 19.2 Å². The first kappa shape index (κ1) is 26.1. The summed E-state index contributed by atoms with van der Waals surface area (Å²) in [6.07, 6.45) is 6.86. The number of hydrogen-bond donors (Lipinski definition) is 1. The predicted octanol–water partition coefficient (Wildman–Crippen LogP) is 4.96. The summed E-state index contributed by atoms with van der Waals surface area (Å²) in [4.78, 5) is 18.4. The van der Waals surface area contributed by atoms with E-state index in [1.807, 2.05) is 36.8 Å². The van der Waals surface area contributed by atoms with Gasteiger partial charge in [-0.15, -0.1) is 0 Å². The summed E-state index contributed by atoms with van der Waals surface area (Å²) in [5.41, 5.74) is 4.07. The molecular formula is C28H32Cl2N8O. The van der Waals surface area contributed by atoms with E-state index in [0.717, 1.165) is 85.4 Å². The van der Waals surface area contributed by atoms with Gasteiger partial charge in [0.25, 0.3) is 0 Å². The molecule has 39 heavy (non-hydrogen) atoms. The van der Waals surface area contributed by atoms with Gasteiger partial charge in [-0.2, -0.15) is 9.61 Å². The average molecular weight is 568 g/mol. The van der Waals surface area contributed by atoms with Crippen LogP contribution in [0.4, 0.5) is 11.8 Å². The third-order valence-electron chi connectivity index (χ3n) is 7.69. The first-order valence-electron chi connectivity index (χ1n) is 13.3. The highest BCUT2D eigenvalue weighted by Gasteiger charge is 2.30. The molecule has 1 aromatic carbocycles. The Hall–Kier alpha value is -3.14. The lowest BCUT2D eigenvalue weighted by Gasteiger charge is -2.33. The number of methoxy groups -OCH3 is 1. The van der Waals surface area contributed by atoms with Gasteiger partial charge in [0.15, 0.2) is 5.65 Å². The largest absolute Gasteiger partial charge is 0.497 e. The summed E-state index contributed by atoms with van der Waals surface area (Å²) in [7, 11) is 1.60. The lowest BCUT2D eigenvalue weighted by atomic mass is 10.0. The number of aryl methyl sites for hydroxylation is 2. The Kier molecular flexibility index (Phi) is 7.22. The van der Waals surface area contributed by atoms with E-state index in [4.69, 9.17) is 38.0 Å². The molecule has 0 saturated carbocycles. The van der Waals surface area contributed by atoms with Gasteiger partial charge in [-0.05, 0) is 51.3 Å². The topological polar surface area (TPSA) is 83.7 Å². The Morgan fingerprint density at radius 2 is 1.56 bits per heavy atom. The SMILES string of the molecule is COc1cc(Cl)c(-c2c(C)nn3c(N4CCC(NC5CCN(c6ncccn6)CC5)C4)cc(C)nc23)c(Cl)c1. The van der Waals surface area contributed by atoms with Crippen LogP contribution in [0.15, 0.2) is 36.7 Å². The quantitative estimate of drug-likeness (QED) is 0.350. The summed E-state index contributed by atoms with van der Waals surface area (Å²) < 4.78 is 7.28. The normalized spacial score (nSPS) is 18.3. The van der Waals surface area contributed by atoms with Crippen molar-refractivity contribution >= 4 is 40.6 Å². The maximum absolute atomic E-state index is 6.68. The third kappa shape index (κ3) is 5.11. The number of nitrogens with one attached hydrogen (secondary N) is 1. The van der Waals surface area contributed by atoms with Crippen LogP contribution >= 0.6 is 23.2 Å². The minimum atomic E-state index is 0.416. The summed E-state index contributed by atoms with van der Waals surface area (Å²) in [6, 6.07) is 8.43. The number of hydrogen-bond acceptors (Lipinski definition) is 8. The first-order chi connectivity index (χ1) is 18.9. The highest BCUT2D eigenvalue weighted by Crippen LogP contribution is 2.41.